The monoisotopic (exact) mass is 321 g/mol. The quantitative estimate of drug-likeness (QED) is 0.776. The molecule has 2 heterocycles. The number of imidazole rings is 1. The molecular weight excluding hydrogens is 298 g/mol. The first kappa shape index (κ1) is 15.2. The molecule has 4 nitrogen and oxygen atoms in total. The van der Waals surface area contributed by atoms with Crippen molar-refractivity contribution in [2.45, 2.75) is 18.8 Å². The third-order valence-electron chi connectivity index (χ3n) is 4.72. The van der Waals surface area contributed by atoms with Crippen LogP contribution in [0.4, 0.5) is 0 Å². The molecule has 1 aliphatic rings. The minimum atomic E-state index is 0.489. The number of para-hydroxylation sites is 3. The van der Waals surface area contributed by atoms with Crippen molar-refractivity contribution in [3.05, 3.63) is 60.4 Å². The minimum Gasteiger partial charge on any atom is -0.492 e. The maximum absolute atomic E-state index is 5.83. The molecule has 1 aliphatic heterocycles. The number of H-pyrrole nitrogens is 1. The number of nitrogens with zero attached hydrogens (tertiary/aromatic N) is 2. The summed E-state index contributed by atoms with van der Waals surface area (Å²) in [4.78, 5) is 10.8. The fourth-order valence-electron chi connectivity index (χ4n) is 3.46. The van der Waals surface area contributed by atoms with E-state index in [2.05, 4.69) is 28.1 Å². The number of fused-ring (bicyclic) bond motifs is 1. The lowest BCUT2D eigenvalue weighted by molar-refractivity contribution is 0.168. The van der Waals surface area contributed by atoms with Crippen molar-refractivity contribution in [2.75, 3.05) is 26.2 Å². The highest BCUT2D eigenvalue weighted by Crippen LogP contribution is 2.26. The van der Waals surface area contributed by atoms with Gasteiger partial charge in [-0.15, -0.1) is 0 Å². The Kier molecular flexibility index (Phi) is 4.47. The highest BCUT2D eigenvalue weighted by Gasteiger charge is 2.23. The summed E-state index contributed by atoms with van der Waals surface area (Å²) in [7, 11) is 0. The number of aromatic nitrogens is 2. The number of hydrogen-bond donors (Lipinski definition) is 1. The lowest BCUT2D eigenvalue weighted by atomic mass is 9.97. The first-order valence-corrected chi connectivity index (χ1v) is 8.73. The summed E-state index contributed by atoms with van der Waals surface area (Å²) >= 11 is 0. The largest absolute Gasteiger partial charge is 0.492 e. The molecule has 1 atom stereocenters. The SMILES string of the molecule is c1ccc(OCCN2CCC[C@@H](c3nc4ccccc4[nH]3)C2)cc1. The van der Waals surface area contributed by atoms with Gasteiger partial charge in [0.2, 0.25) is 0 Å². The van der Waals surface area contributed by atoms with Crippen LogP contribution in [-0.4, -0.2) is 41.1 Å². The van der Waals surface area contributed by atoms with E-state index >= 15 is 0 Å². The van der Waals surface area contributed by atoms with Gasteiger partial charge in [-0.25, -0.2) is 4.98 Å². The number of rotatable bonds is 5. The fraction of sp³-hybridized carbons (Fsp3) is 0.350. The van der Waals surface area contributed by atoms with Crippen LogP contribution < -0.4 is 4.74 Å². The van der Waals surface area contributed by atoms with E-state index in [1.165, 1.54) is 12.8 Å². The summed E-state index contributed by atoms with van der Waals surface area (Å²) < 4.78 is 5.83. The van der Waals surface area contributed by atoms with Gasteiger partial charge < -0.3 is 9.72 Å². The Morgan fingerprint density at radius 2 is 1.92 bits per heavy atom. The zero-order valence-corrected chi connectivity index (χ0v) is 13.8. The maximum Gasteiger partial charge on any atom is 0.119 e. The molecule has 1 saturated heterocycles. The number of likely N-dealkylation sites (tertiary alicyclic amines) is 1. The summed E-state index contributed by atoms with van der Waals surface area (Å²) in [5.74, 6) is 2.57. The van der Waals surface area contributed by atoms with Gasteiger partial charge in [0.25, 0.3) is 0 Å². The molecule has 0 radical (unpaired) electrons. The van der Waals surface area contributed by atoms with Crippen molar-refractivity contribution in [3.63, 3.8) is 0 Å². The Morgan fingerprint density at radius 3 is 2.79 bits per heavy atom. The number of piperidine rings is 1. The van der Waals surface area contributed by atoms with E-state index < -0.39 is 0 Å². The van der Waals surface area contributed by atoms with Crippen LogP contribution in [0.15, 0.2) is 54.6 Å². The summed E-state index contributed by atoms with van der Waals surface area (Å²) in [6, 6.07) is 18.3. The maximum atomic E-state index is 5.83. The first-order valence-electron chi connectivity index (χ1n) is 8.73. The zero-order chi connectivity index (χ0) is 16.2. The minimum absolute atomic E-state index is 0.489. The lowest BCUT2D eigenvalue weighted by Gasteiger charge is -2.31. The Morgan fingerprint density at radius 1 is 1.08 bits per heavy atom. The number of aromatic amines is 1. The van der Waals surface area contributed by atoms with Crippen molar-refractivity contribution < 1.29 is 4.74 Å². The zero-order valence-electron chi connectivity index (χ0n) is 13.8. The summed E-state index contributed by atoms with van der Waals surface area (Å²) in [6.45, 7) is 3.90. The van der Waals surface area contributed by atoms with E-state index in [4.69, 9.17) is 9.72 Å². The molecular formula is C20H23N3O. The van der Waals surface area contributed by atoms with E-state index in [1.54, 1.807) is 0 Å². The van der Waals surface area contributed by atoms with Gasteiger partial charge in [-0.05, 0) is 43.7 Å². The second-order valence-corrected chi connectivity index (χ2v) is 6.44. The summed E-state index contributed by atoms with van der Waals surface area (Å²) in [5.41, 5.74) is 2.20. The Bertz CT molecular complexity index is 751. The molecule has 4 heteroatoms. The predicted molar refractivity (Wildman–Crippen MR) is 96.4 cm³/mol. The molecule has 0 aliphatic carbocycles. The van der Waals surface area contributed by atoms with Crippen LogP contribution in [0.3, 0.4) is 0 Å². The summed E-state index contributed by atoms with van der Waals surface area (Å²) in [6.07, 6.45) is 2.42. The first-order chi connectivity index (χ1) is 11.9. The average molecular weight is 321 g/mol. The number of ether oxygens (including phenoxy) is 1. The third kappa shape index (κ3) is 3.44. The van der Waals surface area contributed by atoms with E-state index in [0.29, 0.717) is 5.92 Å². The van der Waals surface area contributed by atoms with Gasteiger partial charge in [0.1, 0.15) is 18.2 Å². The van der Waals surface area contributed by atoms with Crippen LogP contribution in [0.1, 0.15) is 24.6 Å². The third-order valence-corrected chi connectivity index (χ3v) is 4.72. The fourth-order valence-corrected chi connectivity index (χ4v) is 3.46. The molecule has 24 heavy (non-hydrogen) atoms. The predicted octanol–water partition coefficient (Wildman–Crippen LogP) is 3.82. The van der Waals surface area contributed by atoms with Gasteiger partial charge >= 0.3 is 0 Å². The van der Waals surface area contributed by atoms with Crippen LogP contribution in [0.2, 0.25) is 0 Å². The van der Waals surface area contributed by atoms with Crippen LogP contribution in [0, 0.1) is 0 Å². The topological polar surface area (TPSA) is 41.1 Å². The highest BCUT2D eigenvalue weighted by molar-refractivity contribution is 5.74. The van der Waals surface area contributed by atoms with Crippen LogP contribution in [0.25, 0.3) is 11.0 Å². The van der Waals surface area contributed by atoms with Gasteiger partial charge in [0.15, 0.2) is 0 Å². The Hall–Kier alpha value is -2.33. The van der Waals surface area contributed by atoms with E-state index in [-0.39, 0.29) is 0 Å². The molecule has 0 amide bonds. The normalized spacial score (nSPS) is 18.8. The number of nitrogens with one attached hydrogen (secondary N) is 1. The van der Waals surface area contributed by atoms with Crippen molar-refractivity contribution in [3.8, 4) is 5.75 Å². The van der Waals surface area contributed by atoms with Gasteiger partial charge in [0.05, 0.1) is 11.0 Å². The molecule has 0 saturated carbocycles. The van der Waals surface area contributed by atoms with Gasteiger partial charge in [-0.1, -0.05) is 30.3 Å². The van der Waals surface area contributed by atoms with Gasteiger partial charge in [-0.2, -0.15) is 0 Å². The molecule has 1 N–H and O–H groups in total. The van der Waals surface area contributed by atoms with E-state index in [9.17, 15) is 0 Å². The molecule has 0 bridgehead atoms. The molecule has 4 rings (SSSR count). The van der Waals surface area contributed by atoms with Crippen molar-refractivity contribution >= 4 is 11.0 Å². The van der Waals surface area contributed by atoms with Crippen LogP contribution >= 0.6 is 0 Å². The number of benzene rings is 2. The number of hydrogen-bond acceptors (Lipinski definition) is 3. The van der Waals surface area contributed by atoms with Crippen LogP contribution in [0.5, 0.6) is 5.75 Å². The molecule has 1 fully saturated rings. The van der Waals surface area contributed by atoms with Gasteiger partial charge in [0, 0.05) is 19.0 Å². The Balaban J connectivity index is 1.35. The standard InChI is InChI=1S/C20H23N3O/c1-2-8-17(9-3-1)24-14-13-23-12-6-7-16(15-23)20-21-18-10-4-5-11-19(18)22-20/h1-5,8-11,16H,6-7,12-15H2,(H,21,22)/t16-/m1/s1. The molecule has 124 valence electrons. The van der Waals surface area contributed by atoms with Crippen molar-refractivity contribution in [1.29, 1.82) is 0 Å². The van der Waals surface area contributed by atoms with Crippen LogP contribution in [-0.2, 0) is 0 Å². The van der Waals surface area contributed by atoms with E-state index in [1.807, 2.05) is 36.4 Å². The lowest BCUT2D eigenvalue weighted by Crippen LogP contribution is -2.37. The summed E-state index contributed by atoms with van der Waals surface area (Å²) in [5, 5.41) is 0. The van der Waals surface area contributed by atoms with Crippen molar-refractivity contribution in [2.24, 2.45) is 0 Å². The smallest absolute Gasteiger partial charge is 0.119 e. The van der Waals surface area contributed by atoms with E-state index in [0.717, 1.165) is 48.8 Å². The Labute approximate surface area is 142 Å². The molecule has 3 aromatic rings. The molecule has 2 aromatic carbocycles. The second-order valence-electron chi connectivity index (χ2n) is 6.44. The average Bonchev–Trinajstić information content (AvgIpc) is 3.07. The van der Waals surface area contributed by atoms with Gasteiger partial charge in [-0.3, -0.25) is 4.90 Å². The highest BCUT2D eigenvalue weighted by atomic mass is 16.5. The molecule has 1 aromatic heterocycles. The van der Waals surface area contributed by atoms with Crippen molar-refractivity contribution in [1.82, 2.24) is 14.9 Å². The second kappa shape index (κ2) is 7.05. The molecule has 0 spiro atoms. The molecule has 0 unspecified atom stereocenters.